The molecule has 0 aliphatic heterocycles. The van der Waals surface area contributed by atoms with E-state index >= 15 is 0 Å². The SMILES string of the molecule is C[C@@H](O)CNC(=O)c1ccncc1. The van der Waals surface area contributed by atoms with Gasteiger partial charge in [0.1, 0.15) is 0 Å². The molecule has 0 saturated heterocycles. The fraction of sp³-hybridized carbons (Fsp3) is 0.333. The summed E-state index contributed by atoms with van der Waals surface area (Å²) in [6.07, 6.45) is 2.58. The number of nitrogens with one attached hydrogen (secondary N) is 1. The van der Waals surface area contributed by atoms with Crippen LogP contribution in [0.4, 0.5) is 0 Å². The molecule has 1 aromatic heterocycles. The molecule has 1 amide bonds. The molecule has 0 aliphatic rings. The number of hydrogen-bond acceptors (Lipinski definition) is 3. The number of pyridine rings is 1. The van der Waals surface area contributed by atoms with Gasteiger partial charge in [0, 0.05) is 24.5 Å². The second kappa shape index (κ2) is 4.57. The summed E-state index contributed by atoms with van der Waals surface area (Å²) >= 11 is 0. The molecule has 0 aliphatic carbocycles. The minimum absolute atomic E-state index is 0.191. The highest BCUT2D eigenvalue weighted by molar-refractivity contribution is 5.93. The molecule has 0 unspecified atom stereocenters. The Hall–Kier alpha value is -1.42. The maximum Gasteiger partial charge on any atom is 0.251 e. The molecule has 0 bridgehead atoms. The van der Waals surface area contributed by atoms with Crippen molar-refractivity contribution < 1.29 is 9.90 Å². The standard InChI is InChI=1S/C9H12N2O2/c1-7(12)6-11-9(13)8-2-4-10-5-3-8/h2-5,7,12H,6H2,1H3,(H,11,13)/t7-/m1/s1. The van der Waals surface area contributed by atoms with Crippen molar-refractivity contribution in [2.45, 2.75) is 13.0 Å². The maximum absolute atomic E-state index is 11.3. The Labute approximate surface area is 76.6 Å². The number of nitrogens with zero attached hydrogens (tertiary/aromatic N) is 1. The van der Waals surface area contributed by atoms with Gasteiger partial charge in [0.2, 0.25) is 0 Å². The molecule has 0 fully saturated rings. The molecule has 1 atom stereocenters. The van der Waals surface area contributed by atoms with Crippen LogP contribution in [0, 0.1) is 0 Å². The van der Waals surface area contributed by atoms with Crippen LogP contribution < -0.4 is 5.32 Å². The predicted octanol–water partition coefficient (Wildman–Crippen LogP) is 0.192. The topological polar surface area (TPSA) is 62.2 Å². The van der Waals surface area contributed by atoms with Crippen molar-refractivity contribution in [1.29, 1.82) is 0 Å². The van der Waals surface area contributed by atoms with Crippen molar-refractivity contribution in [3.05, 3.63) is 30.1 Å². The largest absolute Gasteiger partial charge is 0.392 e. The van der Waals surface area contributed by atoms with Gasteiger partial charge in [-0.1, -0.05) is 0 Å². The lowest BCUT2D eigenvalue weighted by atomic mass is 10.2. The Kier molecular flexibility index (Phi) is 3.40. The Morgan fingerprint density at radius 2 is 2.23 bits per heavy atom. The zero-order valence-corrected chi connectivity index (χ0v) is 7.40. The molecular weight excluding hydrogens is 168 g/mol. The van der Waals surface area contributed by atoms with Crippen LogP contribution in [0.5, 0.6) is 0 Å². The lowest BCUT2D eigenvalue weighted by Gasteiger charge is -2.06. The van der Waals surface area contributed by atoms with Gasteiger partial charge >= 0.3 is 0 Å². The van der Waals surface area contributed by atoms with Crippen LogP contribution >= 0.6 is 0 Å². The molecule has 13 heavy (non-hydrogen) atoms. The fourth-order valence-corrected chi connectivity index (χ4v) is 0.846. The quantitative estimate of drug-likeness (QED) is 0.698. The third kappa shape index (κ3) is 3.21. The van der Waals surface area contributed by atoms with Gasteiger partial charge in [-0.05, 0) is 19.1 Å². The Morgan fingerprint density at radius 3 is 2.77 bits per heavy atom. The fourth-order valence-electron chi connectivity index (χ4n) is 0.846. The van der Waals surface area contributed by atoms with E-state index in [9.17, 15) is 4.79 Å². The van der Waals surface area contributed by atoms with Gasteiger partial charge in [-0.2, -0.15) is 0 Å². The smallest absolute Gasteiger partial charge is 0.251 e. The van der Waals surface area contributed by atoms with Gasteiger partial charge in [-0.15, -0.1) is 0 Å². The summed E-state index contributed by atoms with van der Waals surface area (Å²) < 4.78 is 0. The number of aromatic nitrogens is 1. The number of aliphatic hydroxyl groups excluding tert-OH is 1. The first kappa shape index (κ1) is 9.67. The van der Waals surface area contributed by atoms with Crippen LogP contribution in [-0.4, -0.2) is 28.6 Å². The van der Waals surface area contributed by atoms with Crippen LogP contribution in [0.2, 0.25) is 0 Å². The average Bonchev–Trinajstić information content (AvgIpc) is 2.15. The summed E-state index contributed by atoms with van der Waals surface area (Å²) in [4.78, 5) is 15.1. The van der Waals surface area contributed by atoms with E-state index in [2.05, 4.69) is 10.3 Å². The third-order valence-electron chi connectivity index (χ3n) is 1.50. The summed E-state index contributed by atoms with van der Waals surface area (Å²) in [6, 6.07) is 3.24. The number of aliphatic hydroxyl groups is 1. The Bertz CT molecular complexity index is 272. The first-order valence-electron chi connectivity index (χ1n) is 4.06. The second-order valence-corrected chi connectivity index (χ2v) is 2.79. The predicted molar refractivity (Wildman–Crippen MR) is 48.3 cm³/mol. The summed E-state index contributed by atoms with van der Waals surface area (Å²) in [5, 5.41) is 11.5. The molecule has 0 aromatic carbocycles. The van der Waals surface area contributed by atoms with E-state index in [1.165, 1.54) is 0 Å². The minimum atomic E-state index is -0.522. The third-order valence-corrected chi connectivity index (χ3v) is 1.50. The molecular formula is C9H12N2O2. The molecule has 1 aromatic rings. The summed E-state index contributed by atoms with van der Waals surface area (Å²) in [7, 11) is 0. The number of hydrogen-bond donors (Lipinski definition) is 2. The van der Waals surface area contributed by atoms with Crippen molar-refractivity contribution in [3.63, 3.8) is 0 Å². The Morgan fingerprint density at radius 1 is 1.62 bits per heavy atom. The molecule has 2 N–H and O–H groups in total. The van der Waals surface area contributed by atoms with E-state index in [1.54, 1.807) is 31.5 Å². The van der Waals surface area contributed by atoms with E-state index < -0.39 is 6.10 Å². The van der Waals surface area contributed by atoms with Crippen molar-refractivity contribution in [2.24, 2.45) is 0 Å². The van der Waals surface area contributed by atoms with Crippen molar-refractivity contribution in [3.8, 4) is 0 Å². The molecule has 4 heteroatoms. The average molecular weight is 180 g/mol. The van der Waals surface area contributed by atoms with E-state index in [-0.39, 0.29) is 12.5 Å². The number of carbonyl (C=O) groups excluding carboxylic acids is 1. The van der Waals surface area contributed by atoms with E-state index in [1.807, 2.05) is 0 Å². The molecule has 70 valence electrons. The molecule has 4 nitrogen and oxygen atoms in total. The zero-order chi connectivity index (χ0) is 9.68. The molecule has 1 rings (SSSR count). The van der Waals surface area contributed by atoms with Gasteiger partial charge in [-0.25, -0.2) is 0 Å². The van der Waals surface area contributed by atoms with Gasteiger partial charge in [0.05, 0.1) is 6.10 Å². The van der Waals surface area contributed by atoms with E-state index in [0.29, 0.717) is 5.56 Å². The van der Waals surface area contributed by atoms with Crippen molar-refractivity contribution in [2.75, 3.05) is 6.54 Å². The summed E-state index contributed by atoms with van der Waals surface area (Å²) in [5.41, 5.74) is 0.552. The van der Waals surface area contributed by atoms with Crippen LogP contribution in [0.15, 0.2) is 24.5 Å². The molecule has 0 spiro atoms. The van der Waals surface area contributed by atoms with Crippen LogP contribution in [-0.2, 0) is 0 Å². The number of amides is 1. The molecule has 0 saturated carbocycles. The number of carbonyl (C=O) groups is 1. The number of rotatable bonds is 3. The summed E-state index contributed by atoms with van der Waals surface area (Å²) in [6.45, 7) is 1.88. The first-order valence-corrected chi connectivity index (χ1v) is 4.06. The zero-order valence-electron chi connectivity index (χ0n) is 7.40. The molecule has 0 radical (unpaired) electrons. The minimum Gasteiger partial charge on any atom is -0.392 e. The first-order chi connectivity index (χ1) is 6.20. The Balaban J connectivity index is 2.50. The lowest BCUT2D eigenvalue weighted by molar-refractivity contribution is 0.0924. The van der Waals surface area contributed by atoms with E-state index in [0.717, 1.165) is 0 Å². The monoisotopic (exact) mass is 180 g/mol. The normalized spacial score (nSPS) is 12.2. The second-order valence-electron chi connectivity index (χ2n) is 2.79. The van der Waals surface area contributed by atoms with Crippen LogP contribution in [0.3, 0.4) is 0 Å². The van der Waals surface area contributed by atoms with Crippen molar-refractivity contribution in [1.82, 2.24) is 10.3 Å². The molecule has 1 heterocycles. The van der Waals surface area contributed by atoms with Gasteiger partial charge in [0.15, 0.2) is 0 Å². The van der Waals surface area contributed by atoms with Gasteiger partial charge < -0.3 is 10.4 Å². The van der Waals surface area contributed by atoms with Crippen LogP contribution in [0.1, 0.15) is 17.3 Å². The maximum atomic E-state index is 11.3. The van der Waals surface area contributed by atoms with Crippen LogP contribution in [0.25, 0.3) is 0 Å². The highest BCUT2D eigenvalue weighted by Crippen LogP contribution is 1.95. The summed E-state index contributed by atoms with van der Waals surface area (Å²) in [5.74, 6) is -0.191. The highest BCUT2D eigenvalue weighted by Gasteiger charge is 2.04. The van der Waals surface area contributed by atoms with Gasteiger partial charge in [0.25, 0.3) is 5.91 Å². The van der Waals surface area contributed by atoms with E-state index in [4.69, 9.17) is 5.11 Å². The van der Waals surface area contributed by atoms with Gasteiger partial charge in [-0.3, -0.25) is 9.78 Å². The highest BCUT2D eigenvalue weighted by atomic mass is 16.3. The van der Waals surface area contributed by atoms with Crippen molar-refractivity contribution >= 4 is 5.91 Å². The lowest BCUT2D eigenvalue weighted by Crippen LogP contribution is -2.30.